The number of carboxylic acid groups (broad SMARTS) is 1. The van der Waals surface area contributed by atoms with Crippen LogP contribution in [-0.4, -0.2) is 34.5 Å². The molecular weight excluding hydrogens is 280 g/mol. The minimum absolute atomic E-state index is 0.0887. The number of hydrogen-bond acceptors (Lipinski definition) is 2. The molecule has 0 spiro atoms. The predicted molar refractivity (Wildman–Crippen MR) is 71.6 cm³/mol. The van der Waals surface area contributed by atoms with Gasteiger partial charge in [-0.3, -0.25) is 9.59 Å². The number of rotatable bonds is 3. The molecule has 21 heavy (non-hydrogen) atoms. The van der Waals surface area contributed by atoms with E-state index in [1.54, 1.807) is 0 Å². The molecule has 2 rings (SSSR count). The number of likely N-dealkylation sites (tertiary alicyclic amines) is 1. The van der Waals surface area contributed by atoms with Gasteiger partial charge in [0.15, 0.2) is 0 Å². The third kappa shape index (κ3) is 3.37. The summed E-state index contributed by atoms with van der Waals surface area (Å²) in [5.74, 6) is -3.53. The lowest BCUT2D eigenvalue weighted by atomic mass is 9.93. The Bertz CT molecular complexity index is 542. The summed E-state index contributed by atoms with van der Waals surface area (Å²) >= 11 is 0. The molecule has 2 unspecified atom stereocenters. The molecule has 1 aromatic carbocycles. The molecule has 1 saturated heterocycles. The lowest BCUT2D eigenvalue weighted by Gasteiger charge is -2.36. The van der Waals surface area contributed by atoms with Crippen molar-refractivity contribution < 1.29 is 23.5 Å². The molecule has 1 fully saturated rings. The topological polar surface area (TPSA) is 57.6 Å². The first-order valence-corrected chi connectivity index (χ1v) is 6.85. The van der Waals surface area contributed by atoms with E-state index in [-0.39, 0.29) is 18.2 Å². The van der Waals surface area contributed by atoms with Crippen LogP contribution in [0.2, 0.25) is 0 Å². The average molecular weight is 297 g/mol. The Morgan fingerprint density at radius 3 is 2.48 bits per heavy atom. The van der Waals surface area contributed by atoms with Gasteiger partial charge < -0.3 is 10.0 Å². The third-order valence-electron chi connectivity index (χ3n) is 3.94. The van der Waals surface area contributed by atoms with Crippen molar-refractivity contribution >= 4 is 11.9 Å². The zero-order chi connectivity index (χ0) is 15.6. The zero-order valence-electron chi connectivity index (χ0n) is 11.7. The molecule has 0 bridgehead atoms. The van der Waals surface area contributed by atoms with E-state index in [0.29, 0.717) is 12.8 Å². The lowest BCUT2D eigenvalue weighted by Crippen LogP contribution is -2.48. The van der Waals surface area contributed by atoms with Crippen molar-refractivity contribution in [2.24, 2.45) is 5.92 Å². The van der Waals surface area contributed by atoms with Gasteiger partial charge in [-0.2, -0.15) is 0 Å². The van der Waals surface area contributed by atoms with Crippen molar-refractivity contribution in [3.05, 3.63) is 35.4 Å². The fourth-order valence-corrected chi connectivity index (χ4v) is 2.61. The minimum atomic E-state index is -0.947. The van der Waals surface area contributed by atoms with Crippen LogP contribution in [0.1, 0.15) is 25.3 Å². The molecular formula is C15H17F2NO3. The predicted octanol–water partition coefficient (Wildman–Crippen LogP) is 2.22. The molecule has 4 nitrogen and oxygen atoms in total. The van der Waals surface area contributed by atoms with Crippen LogP contribution >= 0.6 is 0 Å². The first kappa shape index (κ1) is 15.4. The fraction of sp³-hybridized carbons (Fsp3) is 0.467. The summed E-state index contributed by atoms with van der Waals surface area (Å²) in [5.41, 5.74) is -0.271. The maximum Gasteiger partial charge on any atom is 0.308 e. The second-order valence-corrected chi connectivity index (χ2v) is 5.38. The minimum Gasteiger partial charge on any atom is -0.481 e. The molecule has 1 amide bonds. The standard InChI is InChI=1S/C15H17F2NO3/c1-9-5-6-10(15(20)21)8-18(9)14(19)7-11-12(16)3-2-4-13(11)17/h2-4,9-10H,5-8H2,1H3,(H,20,21). The van der Waals surface area contributed by atoms with E-state index >= 15 is 0 Å². The summed E-state index contributed by atoms with van der Waals surface area (Å²) in [6.45, 7) is 1.90. The molecule has 0 radical (unpaired) electrons. The number of aliphatic carboxylic acids is 1. The summed E-state index contributed by atoms with van der Waals surface area (Å²) in [5, 5.41) is 9.04. The fourth-order valence-electron chi connectivity index (χ4n) is 2.61. The molecule has 1 aromatic rings. The van der Waals surface area contributed by atoms with Gasteiger partial charge in [-0.25, -0.2) is 8.78 Å². The van der Waals surface area contributed by atoms with Crippen LogP contribution in [0.3, 0.4) is 0 Å². The second kappa shape index (κ2) is 6.20. The van der Waals surface area contributed by atoms with Gasteiger partial charge in [0.2, 0.25) is 5.91 Å². The second-order valence-electron chi connectivity index (χ2n) is 5.38. The van der Waals surface area contributed by atoms with E-state index in [1.807, 2.05) is 6.92 Å². The Kier molecular flexibility index (Phi) is 4.55. The van der Waals surface area contributed by atoms with Gasteiger partial charge in [0.25, 0.3) is 0 Å². The highest BCUT2D eigenvalue weighted by Gasteiger charge is 2.32. The van der Waals surface area contributed by atoms with Crippen molar-refractivity contribution in [1.29, 1.82) is 0 Å². The van der Waals surface area contributed by atoms with Crippen LogP contribution in [0.4, 0.5) is 8.78 Å². The Labute approximate surface area is 121 Å². The molecule has 1 aliphatic heterocycles. The number of piperidine rings is 1. The van der Waals surface area contributed by atoms with Crippen molar-refractivity contribution in [3.63, 3.8) is 0 Å². The molecule has 6 heteroatoms. The summed E-state index contributed by atoms with van der Waals surface area (Å²) in [4.78, 5) is 24.7. The van der Waals surface area contributed by atoms with Crippen LogP contribution in [0, 0.1) is 17.6 Å². The number of carbonyl (C=O) groups is 2. The first-order chi connectivity index (χ1) is 9.90. The molecule has 1 aliphatic rings. The monoisotopic (exact) mass is 297 g/mol. The van der Waals surface area contributed by atoms with Gasteiger partial charge in [0.05, 0.1) is 12.3 Å². The van der Waals surface area contributed by atoms with Crippen LogP contribution in [-0.2, 0) is 16.0 Å². The maximum atomic E-state index is 13.6. The number of nitrogens with zero attached hydrogens (tertiary/aromatic N) is 1. The highest BCUT2D eigenvalue weighted by atomic mass is 19.1. The summed E-state index contributed by atoms with van der Waals surface area (Å²) in [7, 11) is 0. The molecule has 0 aromatic heterocycles. The maximum absolute atomic E-state index is 13.6. The van der Waals surface area contributed by atoms with E-state index in [9.17, 15) is 18.4 Å². The zero-order valence-corrected chi connectivity index (χ0v) is 11.7. The molecule has 0 saturated carbocycles. The normalized spacial score (nSPS) is 22.1. The number of carbonyl (C=O) groups excluding carboxylic acids is 1. The van der Waals surface area contributed by atoms with Gasteiger partial charge in [-0.1, -0.05) is 6.07 Å². The SMILES string of the molecule is CC1CCC(C(=O)O)CN1C(=O)Cc1c(F)cccc1F. The highest BCUT2D eigenvalue weighted by Crippen LogP contribution is 2.23. The molecule has 1 heterocycles. The van der Waals surface area contributed by atoms with Crippen molar-refractivity contribution in [1.82, 2.24) is 4.90 Å². The van der Waals surface area contributed by atoms with E-state index in [4.69, 9.17) is 5.11 Å². The number of hydrogen-bond donors (Lipinski definition) is 1. The molecule has 114 valence electrons. The lowest BCUT2D eigenvalue weighted by molar-refractivity contribution is -0.147. The molecule has 1 N–H and O–H groups in total. The Hall–Kier alpha value is -1.98. The Morgan fingerprint density at radius 1 is 1.29 bits per heavy atom. The number of amides is 1. The summed E-state index contributed by atoms with van der Waals surface area (Å²) in [6, 6.07) is 3.32. The van der Waals surface area contributed by atoms with Gasteiger partial charge in [0, 0.05) is 18.2 Å². The molecule has 0 aliphatic carbocycles. The number of halogens is 2. The van der Waals surface area contributed by atoms with Crippen molar-refractivity contribution in [2.75, 3.05) is 6.54 Å². The van der Waals surface area contributed by atoms with Crippen molar-refractivity contribution in [3.8, 4) is 0 Å². The third-order valence-corrected chi connectivity index (χ3v) is 3.94. The number of carboxylic acids is 1. The van der Waals surface area contributed by atoms with Crippen LogP contribution in [0.5, 0.6) is 0 Å². The first-order valence-electron chi connectivity index (χ1n) is 6.85. The van der Waals surface area contributed by atoms with Crippen LogP contribution in [0.15, 0.2) is 18.2 Å². The van der Waals surface area contributed by atoms with Gasteiger partial charge in [-0.05, 0) is 31.9 Å². The van der Waals surface area contributed by atoms with Crippen LogP contribution in [0.25, 0.3) is 0 Å². The van der Waals surface area contributed by atoms with E-state index in [2.05, 4.69) is 0 Å². The highest BCUT2D eigenvalue weighted by molar-refractivity contribution is 5.80. The quantitative estimate of drug-likeness (QED) is 0.930. The van der Waals surface area contributed by atoms with E-state index < -0.39 is 35.8 Å². The summed E-state index contributed by atoms with van der Waals surface area (Å²) in [6.07, 6.45) is 0.686. The van der Waals surface area contributed by atoms with E-state index in [1.165, 1.54) is 11.0 Å². The number of benzene rings is 1. The van der Waals surface area contributed by atoms with Crippen LogP contribution < -0.4 is 0 Å². The van der Waals surface area contributed by atoms with Gasteiger partial charge in [-0.15, -0.1) is 0 Å². The van der Waals surface area contributed by atoms with Crippen molar-refractivity contribution in [2.45, 2.75) is 32.2 Å². The Morgan fingerprint density at radius 2 is 1.90 bits per heavy atom. The van der Waals surface area contributed by atoms with Gasteiger partial charge >= 0.3 is 5.97 Å². The average Bonchev–Trinajstić information content (AvgIpc) is 2.43. The largest absolute Gasteiger partial charge is 0.481 e. The van der Waals surface area contributed by atoms with E-state index in [0.717, 1.165) is 12.1 Å². The smallest absolute Gasteiger partial charge is 0.308 e. The molecule has 2 atom stereocenters. The van der Waals surface area contributed by atoms with Gasteiger partial charge in [0.1, 0.15) is 11.6 Å². The Balaban J connectivity index is 2.13. The summed E-state index contributed by atoms with van der Waals surface area (Å²) < 4.78 is 27.2.